The molecule has 0 unspecified atom stereocenters. The van der Waals surface area contributed by atoms with E-state index < -0.39 is 0 Å². The summed E-state index contributed by atoms with van der Waals surface area (Å²) in [5.74, 6) is 0.496. The Morgan fingerprint density at radius 1 is 1.46 bits per heavy atom. The summed E-state index contributed by atoms with van der Waals surface area (Å²) in [7, 11) is 0. The number of rotatable bonds is 3. The largest absolute Gasteiger partial charge is 0.473 e. The first-order chi connectivity index (χ1) is 11.6. The van der Waals surface area contributed by atoms with Crippen molar-refractivity contribution >= 4 is 5.91 Å². The lowest BCUT2D eigenvalue weighted by atomic mass is 9.84. The number of aryl methyl sites for hydroxylation is 1. The normalized spacial score (nSPS) is 22.2. The molecular weight excluding hydrogens is 310 g/mol. The first-order valence-electron chi connectivity index (χ1n) is 8.01. The van der Waals surface area contributed by atoms with Crippen molar-refractivity contribution in [2.24, 2.45) is 0 Å². The van der Waals surface area contributed by atoms with E-state index in [1.807, 2.05) is 6.92 Å². The van der Waals surface area contributed by atoms with Crippen LogP contribution in [0.5, 0.6) is 5.88 Å². The van der Waals surface area contributed by atoms with Crippen molar-refractivity contribution in [1.82, 2.24) is 25.1 Å². The molecule has 126 valence electrons. The van der Waals surface area contributed by atoms with E-state index in [4.69, 9.17) is 9.47 Å². The summed E-state index contributed by atoms with van der Waals surface area (Å²) in [4.78, 5) is 22.5. The fraction of sp³-hybridized carbons (Fsp3) is 0.500. The molecule has 1 N–H and O–H groups in total. The van der Waals surface area contributed by atoms with Crippen molar-refractivity contribution in [1.29, 1.82) is 0 Å². The number of H-pyrrole nitrogens is 1. The summed E-state index contributed by atoms with van der Waals surface area (Å²) in [5.41, 5.74) is 1.02. The molecule has 0 saturated carbocycles. The monoisotopic (exact) mass is 329 g/mol. The lowest BCUT2D eigenvalue weighted by Gasteiger charge is -2.52. The number of amides is 1. The second kappa shape index (κ2) is 5.86. The Balaban J connectivity index is 1.37. The third-order valence-corrected chi connectivity index (χ3v) is 4.44. The van der Waals surface area contributed by atoms with Crippen molar-refractivity contribution in [3.05, 3.63) is 36.0 Å². The molecule has 2 aliphatic rings. The van der Waals surface area contributed by atoms with Gasteiger partial charge in [-0.25, -0.2) is 4.98 Å². The third kappa shape index (κ3) is 2.84. The average molecular weight is 329 g/mol. The second-order valence-corrected chi connectivity index (χ2v) is 6.39. The third-order valence-electron chi connectivity index (χ3n) is 4.44. The van der Waals surface area contributed by atoms with Crippen LogP contribution in [0.3, 0.4) is 0 Å². The summed E-state index contributed by atoms with van der Waals surface area (Å²) in [6, 6.07) is 1.68. The highest BCUT2D eigenvalue weighted by molar-refractivity contribution is 5.92. The van der Waals surface area contributed by atoms with Gasteiger partial charge in [-0.05, 0) is 13.0 Å². The Bertz CT molecular complexity index is 727. The number of carbonyl (C=O) groups is 1. The van der Waals surface area contributed by atoms with Crippen LogP contribution in [0.2, 0.25) is 0 Å². The van der Waals surface area contributed by atoms with Crippen LogP contribution in [0.15, 0.2) is 24.7 Å². The lowest BCUT2D eigenvalue weighted by Crippen LogP contribution is -2.67. The standard InChI is InChI=1S/C16H19N5O3/c1-11-7-17-8-14(19-11)24-12-3-5-23-16(6-12)9-21(10-16)15(22)13-2-4-18-20-13/h2,4,7-8,12H,3,5-6,9-10H2,1H3,(H,18,20)/t12-/m1/s1. The molecule has 1 spiro atoms. The van der Waals surface area contributed by atoms with Crippen molar-refractivity contribution in [2.45, 2.75) is 31.5 Å². The molecule has 2 fully saturated rings. The zero-order valence-corrected chi connectivity index (χ0v) is 13.4. The minimum atomic E-state index is -0.310. The van der Waals surface area contributed by atoms with Gasteiger partial charge in [-0.1, -0.05) is 0 Å². The highest BCUT2D eigenvalue weighted by Gasteiger charge is 2.50. The van der Waals surface area contributed by atoms with E-state index in [0.717, 1.165) is 18.5 Å². The van der Waals surface area contributed by atoms with Gasteiger partial charge in [-0.3, -0.25) is 14.9 Å². The molecule has 2 saturated heterocycles. The first-order valence-corrected chi connectivity index (χ1v) is 8.01. The molecule has 1 amide bonds. The molecule has 1 atom stereocenters. The minimum Gasteiger partial charge on any atom is -0.473 e. The maximum absolute atomic E-state index is 12.3. The zero-order valence-electron chi connectivity index (χ0n) is 13.4. The summed E-state index contributed by atoms with van der Waals surface area (Å²) in [5, 5.41) is 6.52. The van der Waals surface area contributed by atoms with Gasteiger partial charge in [0.05, 0.1) is 31.6 Å². The Labute approximate surface area is 139 Å². The topological polar surface area (TPSA) is 93.2 Å². The van der Waals surface area contributed by atoms with E-state index in [9.17, 15) is 4.79 Å². The SMILES string of the molecule is Cc1cncc(O[C@@H]2CCOC3(C2)CN(C(=O)c2ccn[nH]2)C3)n1. The first kappa shape index (κ1) is 15.1. The summed E-state index contributed by atoms with van der Waals surface area (Å²) in [6.45, 7) is 3.65. The number of ether oxygens (including phenoxy) is 2. The lowest BCUT2D eigenvalue weighted by molar-refractivity contribution is -0.174. The van der Waals surface area contributed by atoms with Crippen LogP contribution in [0, 0.1) is 6.92 Å². The molecule has 2 aliphatic heterocycles. The predicted molar refractivity (Wildman–Crippen MR) is 83.6 cm³/mol. The number of hydrogen-bond donors (Lipinski definition) is 1. The fourth-order valence-electron chi connectivity index (χ4n) is 3.31. The van der Waals surface area contributed by atoms with Crippen molar-refractivity contribution in [3.63, 3.8) is 0 Å². The highest BCUT2D eigenvalue weighted by Crippen LogP contribution is 2.36. The highest BCUT2D eigenvalue weighted by atomic mass is 16.5. The Morgan fingerprint density at radius 2 is 2.33 bits per heavy atom. The summed E-state index contributed by atoms with van der Waals surface area (Å²) >= 11 is 0. The van der Waals surface area contributed by atoms with Gasteiger partial charge in [0.25, 0.3) is 5.91 Å². The maximum Gasteiger partial charge on any atom is 0.272 e. The molecule has 8 heteroatoms. The van der Waals surface area contributed by atoms with Crippen LogP contribution >= 0.6 is 0 Å². The van der Waals surface area contributed by atoms with Gasteiger partial charge < -0.3 is 14.4 Å². The van der Waals surface area contributed by atoms with Crippen molar-refractivity contribution in [3.8, 4) is 5.88 Å². The van der Waals surface area contributed by atoms with E-state index in [-0.39, 0.29) is 17.6 Å². The van der Waals surface area contributed by atoms with Crippen molar-refractivity contribution < 1.29 is 14.3 Å². The van der Waals surface area contributed by atoms with E-state index in [0.29, 0.717) is 31.3 Å². The molecule has 2 aromatic rings. The second-order valence-electron chi connectivity index (χ2n) is 6.39. The number of aromatic amines is 1. The summed E-state index contributed by atoms with van der Waals surface area (Å²) in [6.07, 6.45) is 6.49. The van der Waals surface area contributed by atoms with Crippen LogP contribution in [0.1, 0.15) is 29.0 Å². The average Bonchev–Trinajstić information content (AvgIpc) is 3.06. The molecular formula is C16H19N5O3. The van der Waals surface area contributed by atoms with Gasteiger partial charge >= 0.3 is 0 Å². The number of nitrogens with zero attached hydrogens (tertiary/aromatic N) is 4. The van der Waals surface area contributed by atoms with E-state index in [1.165, 1.54) is 0 Å². The molecule has 0 aromatic carbocycles. The molecule has 8 nitrogen and oxygen atoms in total. The Morgan fingerprint density at radius 3 is 3.08 bits per heavy atom. The molecule has 0 bridgehead atoms. The number of aromatic nitrogens is 4. The summed E-state index contributed by atoms with van der Waals surface area (Å²) < 4.78 is 11.9. The van der Waals surface area contributed by atoms with Gasteiger partial charge in [0.1, 0.15) is 17.4 Å². The molecule has 24 heavy (non-hydrogen) atoms. The molecule has 4 rings (SSSR count). The Hall–Kier alpha value is -2.48. The number of carbonyl (C=O) groups excluding carboxylic acids is 1. The maximum atomic E-state index is 12.3. The van der Waals surface area contributed by atoms with Crippen LogP contribution in [-0.2, 0) is 4.74 Å². The predicted octanol–water partition coefficient (Wildman–Crippen LogP) is 0.961. The van der Waals surface area contributed by atoms with Crippen LogP contribution in [-0.4, -0.2) is 62.4 Å². The van der Waals surface area contributed by atoms with Gasteiger partial charge in [-0.2, -0.15) is 5.10 Å². The molecule has 0 aliphatic carbocycles. The Kier molecular flexibility index (Phi) is 3.68. The van der Waals surface area contributed by atoms with Crippen molar-refractivity contribution in [2.75, 3.05) is 19.7 Å². The smallest absolute Gasteiger partial charge is 0.272 e. The molecule has 2 aromatic heterocycles. The van der Waals surface area contributed by atoms with Gasteiger partial charge in [0.15, 0.2) is 0 Å². The quantitative estimate of drug-likeness (QED) is 0.901. The fourth-order valence-corrected chi connectivity index (χ4v) is 3.31. The van der Waals surface area contributed by atoms with Gasteiger partial charge in [0, 0.05) is 25.2 Å². The molecule has 0 radical (unpaired) electrons. The van der Waals surface area contributed by atoms with Gasteiger partial charge in [-0.15, -0.1) is 0 Å². The number of hydrogen-bond acceptors (Lipinski definition) is 6. The van der Waals surface area contributed by atoms with E-state index in [1.54, 1.807) is 29.6 Å². The van der Waals surface area contributed by atoms with Crippen LogP contribution in [0.25, 0.3) is 0 Å². The zero-order chi connectivity index (χ0) is 16.6. The number of nitrogens with one attached hydrogen (secondary N) is 1. The van der Waals surface area contributed by atoms with E-state index in [2.05, 4.69) is 20.2 Å². The van der Waals surface area contributed by atoms with Gasteiger partial charge in [0.2, 0.25) is 5.88 Å². The molecule has 4 heterocycles. The van der Waals surface area contributed by atoms with Crippen LogP contribution in [0.4, 0.5) is 0 Å². The number of likely N-dealkylation sites (tertiary alicyclic amines) is 1. The van der Waals surface area contributed by atoms with E-state index >= 15 is 0 Å². The minimum absolute atomic E-state index is 0.0271. The van der Waals surface area contributed by atoms with Crippen LogP contribution < -0.4 is 4.74 Å².